The molecule has 1 fully saturated rings. The number of benzene rings is 1. The lowest BCUT2D eigenvalue weighted by Gasteiger charge is -2.36. The molecule has 1 aromatic carbocycles. The Kier molecular flexibility index (Phi) is 4.60. The Balaban J connectivity index is 1.57. The molecule has 0 bridgehead atoms. The Morgan fingerprint density at radius 2 is 1.83 bits per heavy atom. The molecule has 0 unspecified atom stereocenters. The molecule has 0 aliphatic carbocycles. The van der Waals surface area contributed by atoms with E-state index in [1.165, 1.54) is 10.7 Å². The van der Waals surface area contributed by atoms with Crippen LogP contribution in [-0.2, 0) is 12.0 Å². The SMILES string of the molecule is CC(C)(C)c1nc(CN2CCN(c3ccccc3O)CC2)cs1. The Hall–Kier alpha value is -1.59. The highest BCUT2D eigenvalue weighted by atomic mass is 32.1. The predicted octanol–water partition coefficient (Wildman–Crippen LogP) is 3.47. The molecule has 5 heteroatoms. The fraction of sp³-hybridized carbons (Fsp3) is 0.500. The summed E-state index contributed by atoms with van der Waals surface area (Å²) in [6, 6.07) is 7.58. The molecule has 0 amide bonds. The van der Waals surface area contributed by atoms with Crippen LogP contribution in [0.1, 0.15) is 31.5 Å². The van der Waals surface area contributed by atoms with Crippen molar-refractivity contribution in [1.29, 1.82) is 0 Å². The topological polar surface area (TPSA) is 39.6 Å². The summed E-state index contributed by atoms with van der Waals surface area (Å²) in [7, 11) is 0. The van der Waals surface area contributed by atoms with Crippen LogP contribution >= 0.6 is 11.3 Å². The quantitative estimate of drug-likeness (QED) is 0.935. The highest BCUT2D eigenvalue weighted by Gasteiger charge is 2.21. The highest BCUT2D eigenvalue weighted by molar-refractivity contribution is 7.09. The Bertz CT molecular complexity index is 654. The van der Waals surface area contributed by atoms with Gasteiger partial charge in [-0.2, -0.15) is 0 Å². The number of phenols is 1. The molecule has 1 aliphatic rings. The molecule has 2 heterocycles. The average molecular weight is 331 g/mol. The van der Waals surface area contributed by atoms with Crippen LogP contribution in [0.2, 0.25) is 0 Å². The van der Waals surface area contributed by atoms with Gasteiger partial charge in [-0.25, -0.2) is 4.98 Å². The number of aromatic nitrogens is 1. The smallest absolute Gasteiger partial charge is 0.138 e. The minimum absolute atomic E-state index is 0.131. The van der Waals surface area contributed by atoms with Gasteiger partial charge in [0.15, 0.2) is 0 Å². The lowest BCUT2D eigenvalue weighted by atomic mass is 9.98. The first-order chi connectivity index (χ1) is 10.9. The van der Waals surface area contributed by atoms with E-state index < -0.39 is 0 Å². The molecule has 0 saturated carbocycles. The maximum absolute atomic E-state index is 9.98. The van der Waals surface area contributed by atoms with Gasteiger partial charge in [0.1, 0.15) is 5.75 Å². The maximum atomic E-state index is 9.98. The summed E-state index contributed by atoms with van der Waals surface area (Å²) < 4.78 is 0. The van der Waals surface area contributed by atoms with Crippen LogP contribution in [-0.4, -0.2) is 41.2 Å². The zero-order valence-corrected chi connectivity index (χ0v) is 14.9. The van der Waals surface area contributed by atoms with Crippen molar-refractivity contribution in [2.75, 3.05) is 31.1 Å². The van der Waals surface area contributed by atoms with Crippen LogP contribution in [0, 0.1) is 0 Å². The molecule has 0 atom stereocenters. The van der Waals surface area contributed by atoms with Crippen molar-refractivity contribution in [3.05, 3.63) is 40.3 Å². The summed E-state index contributed by atoms with van der Waals surface area (Å²) in [4.78, 5) is 9.49. The van der Waals surface area contributed by atoms with E-state index in [2.05, 4.69) is 36.0 Å². The van der Waals surface area contributed by atoms with E-state index in [1.54, 1.807) is 17.4 Å². The van der Waals surface area contributed by atoms with Crippen LogP contribution in [0.3, 0.4) is 0 Å². The van der Waals surface area contributed by atoms with Crippen LogP contribution in [0.4, 0.5) is 5.69 Å². The third kappa shape index (κ3) is 3.85. The second-order valence-corrected chi connectivity index (χ2v) is 8.00. The van der Waals surface area contributed by atoms with E-state index in [1.807, 2.05) is 18.2 Å². The van der Waals surface area contributed by atoms with Gasteiger partial charge in [0.25, 0.3) is 0 Å². The summed E-state index contributed by atoms with van der Waals surface area (Å²) in [5, 5.41) is 13.4. The van der Waals surface area contributed by atoms with Crippen molar-refractivity contribution in [2.24, 2.45) is 0 Å². The van der Waals surface area contributed by atoms with Gasteiger partial charge in [0.2, 0.25) is 0 Å². The van der Waals surface area contributed by atoms with Gasteiger partial charge in [-0.1, -0.05) is 32.9 Å². The predicted molar refractivity (Wildman–Crippen MR) is 96.4 cm³/mol. The first-order valence-corrected chi connectivity index (χ1v) is 9.01. The van der Waals surface area contributed by atoms with Crippen molar-refractivity contribution in [3.63, 3.8) is 0 Å². The minimum atomic E-state index is 0.131. The molecule has 0 spiro atoms. The van der Waals surface area contributed by atoms with Crippen LogP contribution < -0.4 is 4.90 Å². The summed E-state index contributed by atoms with van der Waals surface area (Å²) in [5.41, 5.74) is 2.25. The molecular weight excluding hydrogens is 306 g/mol. The second kappa shape index (κ2) is 6.49. The minimum Gasteiger partial charge on any atom is -0.506 e. The molecule has 124 valence electrons. The van der Waals surface area contributed by atoms with Crippen LogP contribution in [0.5, 0.6) is 5.75 Å². The maximum Gasteiger partial charge on any atom is 0.138 e. The summed E-state index contributed by atoms with van der Waals surface area (Å²) in [6.45, 7) is 11.4. The molecule has 2 aromatic rings. The molecule has 1 saturated heterocycles. The first kappa shape index (κ1) is 16.3. The normalized spacial score (nSPS) is 16.7. The number of anilines is 1. The zero-order valence-electron chi connectivity index (χ0n) is 14.1. The van der Waals surface area contributed by atoms with E-state index in [0.29, 0.717) is 5.75 Å². The molecule has 1 aliphatic heterocycles. The second-order valence-electron chi connectivity index (χ2n) is 7.15. The Morgan fingerprint density at radius 1 is 1.13 bits per heavy atom. The van der Waals surface area contributed by atoms with Gasteiger partial charge < -0.3 is 10.0 Å². The summed E-state index contributed by atoms with van der Waals surface area (Å²) in [5.74, 6) is 0.371. The number of para-hydroxylation sites is 2. The highest BCUT2D eigenvalue weighted by Crippen LogP contribution is 2.28. The molecule has 0 radical (unpaired) electrons. The van der Waals surface area contributed by atoms with Crippen molar-refractivity contribution >= 4 is 17.0 Å². The van der Waals surface area contributed by atoms with Gasteiger partial charge in [-0.3, -0.25) is 4.90 Å². The molecule has 1 N–H and O–H groups in total. The van der Waals surface area contributed by atoms with Crippen LogP contribution in [0.25, 0.3) is 0 Å². The number of hydrogen-bond acceptors (Lipinski definition) is 5. The fourth-order valence-electron chi connectivity index (χ4n) is 2.83. The molecular formula is C18H25N3OS. The van der Waals surface area contributed by atoms with Crippen molar-refractivity contribution in [1.82, 2.24) is 9.88 Å². The Labute approximate surface area is 142 Å². The molecule has 23 heavy (non-hydrogen) atoms. The largest absolute Gasteiger partial charge is 0.506 e. The fourth-order valence-corrected chi connectivity index (χ4v) is 3.73. The number of rotatable bonds is 3. The number of nitrogens with zero attached hydrogens (tertiary/aromatic N) is 3. The van der Waals surface area contributed by atoms with Gasteiger partial charge in [0, 0.05) is 43.5 Å². The molecule has 4 nitrogen and oxygen atoms in total. The lowest BCUT2D eigenvalue weighted by Crippen LogP contribution is -2.46. The Morgan fingerprint density at radius 3 is 2.43 bits per heavy atom. The van der Waals surface area contributed by atoms with Crippen molar-refractivity contribution in [2.45, 2.75) is 32.7 Å². The van der Waals surface area contributed by atoms with E-state index in [9.17, 15) is 5.11 Å². The van der Waals surface area contributed by atoms with E-state index in [4.69, 9.17) is 4.98 Å². The monoisotopic (exact) mass is 331 g/mol. The number of aromatic hydroxyl groups is 1. The summed E-state index contributed by atoms with van der Waals surface area (Å²) >= 11 is 1.76. The van der Waals surface area contributed by atoms with Gasteiger partial charge in [-0.05, 0) is 12.1 Å². The zero-order chi connectivity index (χ0) is 16.4. The number of phenolic OH excluding ortho intramolecular Hbond substituents is 1. The van der Waals surface area contributed by atoms with Crippen molar-refractivity contribution in [3.8, 4) is 5.75 Å². The van der Waals surface area contributed by atoms with Gasteiger partial charge in [-0.15, -0.1) is 11.3 Å². The van der Waals surface area contributed by atoms with Crippen molar-refractivity contribution < 1.29 is 5.11 Å². The van der Waals surface area contributed by atoms with Crippen LogP contribution in [0.15, 0.2) is 29.6 Å². The first-order valence-electron chi connectivity index (χ1n) is 8.13. The molecule has 1 aromatic heterocycles. The standard InChI is InChI=1S/C18H25N3OS/c1-18(2,3)17-19-14(13-23-17)12-20-8-10-21(11-9-20)15-6-4-5-7-16(15)22/h4-7,13,22H,8-12H2,1-3H3. The number of thiazole rings is 1. The van der Waals surface area contributed by atoms with Gasteiger partial charge >= 0.3 is 0 Å². The number of piperazine rings is 1. The van der Waals surface area contributed by atoms with E-state index in [-0.39, 0.29) is 5.41 Å². The number of hydrogen-bond donors (Lipinski definition) is 1. The lowest BCUT2D eigenvalue weighted by molar-refractivity contribution is 0.246. The van der Waals surface area contributed by atoms with E-state index >= 15 is 0 Å². The third-order valence-electron chi connectivity index (χ3n) is 4.17. The average Bonchev–Trinajstić information content (AvgIpc) is 2.97. The summed E-state index contributed by atoms with van der Waals surface area (Å²) in [6.07, 6.45) is 0. The third-order valence-corrected chi connectivity index (χ3v) is 5.49. The molecule has 3 rings (SSSR count). The van der Waals surface area contributed by atoms with Gasteiger partial charge in [0.05, 0.1) is 16.4 Å². The van der Waals surface area contributed by atoms with E-state index in [0.717, 1.165) is 38.4 Å².